The summed E-state index contributed by atoms with van der Waals surface area (Å²) in [6.07, 6.45) is 0. The van der Waals surface area contributed by atoms with Gasteiger partial charge in [-0.2, -0.15) is 4.31 Å². The third-order valence-electron chi connectivity index (χ3n) is 4.08. The van der Waals surface area contributed by atoms with Gasteiger partial charge in [-0.1, -0.05) is 48.4 Å². The molecule has 0 saturated carbocycles. The molecule has 1 unspecified atom stereocenters. The molecule has 1 amide bonds. The van der Waals surface area contributed by atoms with Crippen LogP contribution in [0.2, 0.25) is 5.02 Å². The third kappa shape index (κ3) is 5.06. The molecule has 2 aromatic carbocycles. The van der Waals surface area contributed by atoms with Crippen molar-refractivity contribution in [2.75, 3.05) is 13.1 Å². The van der Waals surface area contributed by atoms with Crippen molar-refractivity contribution in [3.05, 3.63) is 64.7 Å². The molecule has 5 nitrogen and oxygen atoms in total. The molecule has 7 heteroatoms. The Morgan fingerprint density at radius 1 is 1.12 bits per heavy atom. The highest BCUT2D eigenvalue weighted by atomic mass is 35.5. The predicted molar refractivity (Wildman–Crippen MR) is 104 cm³/mol. The molecule has 140 valence electrons. The largest absolute Gasteiger partial charge is 0.348 e. The van der Waals surface area contributed by atoms with Gasteiger partial charge in [0.25, 0.3) is 0 Å². The van der Waals surface area contributed by atoms with E-state index >= 15 is 0 Å². The van der Waals surface area contributed by atoms with Crippen LogP contribution >= 0.6 is 11.6 Å². The molecular formula is C19H23ClN2O3S. The number of hydrogen-bond acceptors (Lipinski definition) is 3. The lowest BCUT2D eigenvalue weighted by Crippen LogP contribution is -2.41. The van der Waals surface area contributed by atoms with Crippen LogP contribution < -0.4 is 5.32 Å². The van der Waals surface area contributed by atoms with Gasteiger partial charge in [0.15, 0.2) is 0 Å². The number of halogens is 1. The molecule has 0 aliphatic carbocycles. The second-order valence-electron chi connectivity index (χ2n) is 6.09. The van der Waals surface area contributed by atoms with Crippen molar-refractivity contribution >= 4 is 27.5 Å². The van der Waals surface area contributed by atoms with Gasteiger partial charge in [-0.05, 0) is 43.7 Å². The number of sulfonamides is 1. The van der Waals surface area contributed by atoms with Gasteiger partial charge in [0.05, 0.1) is 17.5 Å². The summed E-state index contributed by atoms with van der Waals surface area (Å²) in [6.45, 7) is 5.41. The number of nitrogens with one attached hydrogen (secondary N) is 1. The monoisotopic (exact) mass is 394 g/mol. The van der Waals surface area contributed by atoms with Gasteiger partial charge < -0.3 is 5.32 Å². The summed E-state index contributed by atoms with van der Waals surface area (Å²) < 4.78 is 26.6. The van der Waals surface area contributed by atoms with Crippen molar-refractivity contribution in [3.63, 3.8) is 0 Å². The number of carbonyl (C=O) groups excluding carboxylic acids is 1. The van der Waals surface area contributed by atoms with Crippen LogP contribution in [-0.2, 0) is 14.8 Å². The number of rotatable bonds is 7. The van der Waals surface area contributed by atoms with Crippen molar-refractivity contribution in [2.24, 2.45) is 0 Å². The topological polar surface area (TPSA) is 66.5 Å². The number of likely N-dealkylation sites (N-methyl/N-ethyl adjacent to an activating group) is 1. The van der Waals surface area contributed by atoms with E-state index in [-0.39, 0.29) is 29.9 Å². The average Bonchev–Trinajstić information content (AvgIpc) is 2.60. The maximum Gasteiger partial charge on any atom is 0.243 e. The predicted octanol–water partition coefficient (Wildman–Crippen LogP) is 3.54. The number of hydrogen-bond donors (Lipinski definition) is 1. The zero-order valence-electron chi connectivity index (χ0n) is 15.1. The lowest BCUT2D eigenvalue weighted by atomic mass is 10.1. The van der Waals surface area contributed by atoms with Gasteiger partial charge in [0, 0.05) is 11.6 Å². The fraction of sp³-hybridized carbons (Fsp3) is 0.316. The third-order valence-corrected chi connectivity index (χ3v) is 6.27. The normalized spacial score (nSPS) is 12.8. The first-order valence-corrected chi connectivity index (χ1v) is 10.2. The van der Waals surface area contributed by atoms with Crippen molar-refractivity contribution in [1.82, 2.24) is 9.62 Å². The molecular weight excluding hydrogens is 372 g/mol. The molecule has 1 N–H and O–H groups in total. The van der Waals surface area contributed by atoms with E-state index in [2.05, 4.69) is 5.32 Å². The van der Waals surface area contributed by atoms with Gasteiger partial charge >= 0.3 is 0 Å². The minimum absolute atomic E-state index is 0.184. The van der Waals surface area contributed by atoms with E-state index in [0.29, 0.717) is 5.02 Å². The maximum atomic E-state index is 12.7. The van der Waals surface area contributed by atoms with Crippen LogP contribution in [0, 0.1) is 6.92 Å². The van der Waals surface area contributed by atoms with Crippen LogP contribution in [0.3, 0.4) is 0 Å². The highest BCUT2D eigenvalue weighted by Crippen LogP contribution is 2.18. The van der Waals surface area contributed by atoms with Crippen LogP contribution in [0.4, 0.5) is 0 Å². The minimum Gasteiger partial charge on any atom is -0.348 e. The maximum absolute atomic E-state index is 12.7. The molecule has 0 heterocycles. The van der Waals surface area contributed by atoms with Crippen LogP contribution in [0.25, 0.3) is 0 Å². The number of aryl methyl sites for hydroxylation is 1. The first kappa shape index (κ1) is 20.4. The van der Waals surface area contributed by atoms with E-state index in [9.17, 15) is 13.2 Å². The fourth-order valence-corrected chi connectivity index (χ4v) is 4.04. The molecule has 26 heavy (non-hydrogen) atoms. The molecule has 2 rings (SSSR count). The minimum atomic E-state index is -3.71. The fourth-order valence-electron chi connectivity index (χ4n) is 2.51. The first-order valence-electron chi connectivity index (χ1n) is 8.35. The molecule has 0 fully saturated rings. The van der Waals surface area contributed by atoms with E-state index in [1.165, 1.54) is 4.31 Å². The summed E-state index contributed by atoms with van der Waals surface area (Å²) in [7, 11) is -3.71. The second kappa shape index (κ2) is 8.66. The summed E-state index contributed by atoms with van der Waals surface area (Å²) in [6, 6.07) is 13.5. The summed E-state index contributed by atoms with van der Waals surface area (Å²) >= 11 is 5.87. The van der Waals surface area contributed by atoms with Gasteiger partial charge in [-0.25, -0.2) is 8.42 Å². The summed E-state index contributed by atoms with van der Waals surface area (Å²) in [5, 5.41) is 3.44. The van der Waals surface area contributed by atoms with E-state index in [0.717, 1.165) is 11.1 Å². The number of nitrogens with zero attached hydrogens (tertiary/aromatic N) is 1. The Morgan fingerprint density at radius 2 is 1.69 bits per heavy atom. The van der Waals surface area contributed by atoms with Crippen LogP contribution in [-0.4, -0.2) is 31.7 Å². The molecule has 0 aliphatic heterocycles. The second-order valence-corrected chi connectivity index (χ2v) is 8.46. The zero-order chi connectivity index (χ0) is 19.3. The molecule has 0 radical (unpaired) electrons. The highest BCUT2D eigenvalue weighted by molar-refractivity contribution is 7.89. The quantitative estimate of drug-likeness (QED) is 0.781. The molecule has 0 spiro atoms. The van der Waals surface area contributed by atoms with Gasteiger partial charge in [-0.15, -0.1) is 0 Å². The lowest BCUT2D eigenvalue weighted by Gasteiger charge is -2.22. The Kier molecular flexibility index (Phi) is 6.81. The van der Waals surface area contributed by atoms with Crippen molar-refractivity contribution in [3.8, 4) is 0 Å². The Hall–Kier alpha value is -1.89. The first-order chi connectivity index (χ1) is 12.2. The molecule has 0 aliphatic rings. The average molecular weight is 395 g/mol. The summed E-state index contributed by atoms with van der Waals surface area (Å²) in [4.78, 5) is 12.5. The Morgan fingerprint density at radius 3 is 2.23 bits per heavy atom. The molecule has 2 aromatic rings. The molecule has 0 aromatic heterocycles. The van der Waals surface area contributed by atoms with Crippen LogP contribution in [0.1, 0.15) is 31.0 Å². The SMILES string of the molecule is CCN(CC(=O)NC(C)c1ccc(Cl)cc1)S(=O)(=O)c1ccc(C)cc1. The van der Waals surface area contributed by atoms with E-state index < -0.39 is 10.0 Å². The number of amides is 1. The lowest BCUT2D eigenvalue weighted by molar-refractivity contribution is -0.121. The van der Waals surface area contributed by atoms with E-state index in [1.54, 1.807) is 43.3 Å². The van der Waals surface area contributed by atoms with Gasteiger partial charge in [0.2, 0.25) is 15.9 Å². The Balaban J connectivity index is 2.07. The zero-order valence-corrected chi connectivity index (χ0v) is 16.6. The van der Waals surface area contributed by atoms with Crippen molar-refractivity contribution < 1.29 is 13.2 Å². The van der Waals surface area contributed by atoms with Gasteiger partial charge in [-0.3, -0.25) is 4.79 Å². The van der Waals surface area contributed by atoms with E-state index in [1.807, 2.05) is 26.0 Å². The van der Waals surface area contributed by atoms with Crippen LogP contribution in [0.5, 0.6) is 0 Å². The van der Waals surface area contributed by atoms with E-state index in [4.69, 9.17) is 11.6 Å². The van der Waals surface area contributed by atoms with Crippen molar-refractivity contribution in [2.45, 2.75) is 31.7 Å². The molecule has 0 saturated heterocycles. The Bertz CT molecular complexity index is 849. The highest BCUT2D eigenvalue weighted by Gasteiger charge is 2.25. The van der Waals surface area contributed by atoms with Crippen LogP contribution in [0.15, 0.2) is 53.4 Å². The molecule has 1 atom stereocenters. The van der Waals surface area contributed by atoms with Crippen molar-refractivity contribution in [1.29, 1.82) is 0 Å². The Labute approximate surface area is 160 Å². The van der Waals surface area contributed by atoms with Gasteiger partial charge in [0.1, 0.15) is 0 Å². The summed E-state index contributed by atoms with van der Waals surface area (Å²) in [5.41, 5.74) is 1.87. The standard InChI is InChI=1S/C19H23ClN2O3S/c1-4-22(26(24,25)18-11-5-14(2)6-12-18)13-19(23)21-15(3)16-7-9-17(20)10-8-16/h5-12,15H,4,13H2,1-3H3,(H,21,23). The number of carbonyl (C=O) groups is 1. The smallest absolute Gasteiger partial charge is 0.243 e. The molecule has 0 bridgehead atoms. The number of benzene rings is 2. The summed E-state index contributed by atoms with van der Waals surface area (Å²) in [5.74, 6) is -0.356.